The fourth-order valence-corrected chi connectivity index (χ4v) is 2.31. The van der Waals surface area contributed by atoms with Crippen LogP contribution in [0.4, 0.5) is 5.69 Å². The van der Waals surface area contributed by atoms with Crippen LogP contribution in [0.1, 0.15) is 35.6 Å². The minimum absolute atomic E-state index is 0.120. The number of nitrogens with one attached hydrogen (secondary N) is 2. The van der Waals surface area contributed by atoms with E-state index in [1.165, 1.54) is 0 Å². The molecule has 5 heteroatoms. The number of hydrogen-bond acceptors (Lipinski definition) is 4. The summed E-state index contributed by atoms with van der Waals surface area (Å²) in [5, 5.41) is 12.8. The lowest BCUT2D eigenvalue weighted by Crippen LogP contribution is -2.23. The molecular weight excluding hydrogens is 254 g/mol. The highest BCUT2D eigenvalue weighted by molar-refractivity contribution is 5.51. The number of H-pyrrole nitrogens is 1. The van der Waals surface area contributed by atoms with Gasteiger partial charge in [0.1, 0.15) is 11.6 Å². The number of phenolic OH excluding ortho intramolecular Hbond substituents is 1. The molecular formula is C15H19N3O2. The van der Waals surface area contributed by atoms with Crippen LogP contribution in [0, 0.1) is 20.8 Å². The molecule has 1 unspecified atom stereocenters. The van der Waals surface area contributed by atoms with Crippen LogP contribution in [0.3, 0.4) is 0 Å². The number of aromatic amines is 1. The van der Waals surface area contributed by atoms with Crippen molar-refractivity contribution in [1.82, 2.24) is 9.97 Å². The summed E-state index contributed by atoms with van der Waals surface area (Å²) < 4.78 is 0. The molecule has 0 amide bonds. The van der Waals surface area contributed by atoms with E-state index < -0.39 is 0 Å². The molecule has 0 fully saturated rings. The maximum atomic E-state index is 12.0. The molecule has 1 atom stereocenters. The fraction of sp³-hybridized carbons (Fsp3) is 0.333. The minimum atomic E-state index is -0.171. The molecule has 2 rings (SSSR count). The average molecular weight is 273 g/mol. The van der Waals surface area contributed by atoms with Gasteiger partial charge < -0.3 is 15.4 Å². The third-order valence-corrected chi connectivity index (χ3v) is 3.28. The summed E-state index contributed by atoms with van der Waals surface area (Å²) in [6.45, 7) is 7.34. The van der Waals surface area contributed by atoms with Crippen molar-refractivity contribution in [1.29, 1.82) is 0 Å². The van der Waals surface area contributed by atoms with Crippen molar-refractivity contribution in [3.63, 3.8) is 0 Å². The number of aryl methyl sites for hydroxylation is 3. The molecule has 2 aromatic rings. The zero-order valence-electron chi connectivity index (χ0n) is 12.1. The third kappa shape index (κ3) is 2.82. The second kappa shape index (κ2) is 5.36. The van der Waals surface area contributed by atoms with E-state index in [1.807, 2.05) is 26.8 Å². The predicted molar refractivity (Wildman–Crippen MR) is 79.2 cm³/mol. The van der Waals surface area contributed by atoms with Crippen LogP contribution in [-0.4, -0.2) is 15.1 Å². The largest absolute Gasteiger partial charge is 0.508 e. The van der Waals surface area contributed by atoms with Gasteiger partial charge in [0.05, 0.1) is 17.3 Å². The average Bonchev–Trinajstić information content (AvgIpc) is 2.32. The van der Waals surface area contributed by atoms with Crippen molar-refractivity contribution in [2.45, 2.75) is 33.7 Å². The summed E-state index contributed by atoms with van der Waals surface area (Å²) in [4.78, 5) is 19.1. The quantitative estimate of drug-likeness (QED) is 0.751. The topological polar surface area (TPSA) is 78.0 Å². The van der Waals surface area contributed by atoms with Crippen molar-refractivity contribution in [2.24, 2.45) is 0 Å². The number of phenols is 1. The molecule has 1 aromatic heterocycles. The van der Waals surface area contributed by atoms with Gasteiger partial charge in [-0.1, -0.05) is 0 Å². The van der Waals surface area contributed by atoms with Crippen LogP contribution in [0.15, 0.2) is 23.0 Å². The zero-order chi connectivity index (χ0) is 14.9. The Morgan fingerprint density at radius 2 is 2.00 bits per heavy atom. The number of rotatable bonds is 3. The van der Waals surface area contributed by atoms with Crippen LogP contribution < -0.4 is 10.9 Å². The Balaban J connectivity index is 2.30. The lowest BCUT2D eigenvalue weighted by Gasteiger charge is -2.17. The number of aromatic hydroxyl groups is 1. The van der Waals surface area contributed by atoms with Gasteiger partial charge in [-0.2, -0.15) is 0 Å². The summed E-state index contributed by atoms with van der Waals surface area (Å²) >= 11 is 0. The summed E-state index contributed by atoms with van der Waals surface area (Å²) in [6, 6.07) is 5.09. The van der Waals surface area contributed by atoms with Gasteiger partial charge in [0.25, 0.3) is 5.56 Å². The molecule has 0 saturated heterocycles. The Labute approximate surface area is 117 Å². The van der Waals surface area contributed by atoms with E-state index in [0.717, 1.165) is 16.9 Å². The maximum Gasteiger partial charge on any atom is 0.256 e. The summed E-state index contributed by atoms with van der Waals surface area (Å²) in [6.07, 6.45) is 0. The van der Waals surface area contributed by atoms with Gasteiger partial charge in [-0.15, -0.1) is 0 Å². The molecule has 5 nitrogen and oxygen atoms in total. The van der Waals surface area contributed by atoms with Crippen molar-refractivity contribution >= 4 is 5.69 Å². The number of hydrogen-bond donors (Lipinski definition) is 3. The van der Waals surface area contributed by atoms with Crippen molar-refractivity contribution in [2.75, 3.05) is 5.32 Å². The molecule has 0 aliphatic carbocycles. The number of aromatic nitrogens is 2. The highest BCUT2D eigenvalue weighted by atomic mass is 16.3. The van der Waals surface area contributed by atoms with Crippen LogP contribution in [-0.2, 0) is 0 Å². The fourth-order valence-electron chi connectivity index (χ4n) is 2.31. The van der Waals surface area contributed by atoms with Crippen molar-refractivity contribution in [3.8, 4) is 5.75 Å². The van der Waals surface area contributed by atoms with Gasteiger partial charge in [-0.3, -0.25) is 4.79 Å². The molecule has 1 heterocycles. The van der Waals surface area contributed by atoms with Crippen molar-refractivity contribution in [3.05, 3.63) is 51.2 Å². The molecule has 1 aromatic carbocycles. The van der Waals surface area contributed by atoms with Gasteiger partial charge in [0.15, 0.2) is 0 Å². The molecule has 106 valence electrons. The number of nitrogens with zero attached hydrogens (tertiary/aromatic N) is 1. The van der Waals surface area contributed by atoms with Crippen LogP contribution in [0.25, 0.3) is 0 Å². The first kappa shape index (κ1) is 14.1. The Morgan fingerprint density at radius 3 is 2.60 bits per heavy atom. The van der Waals surface area contributed by atoms with E-state index in [2.05, 4.69) is 15.3 Å². The van der Waals surface area contributed by atoms with Gasteiger partial charge >= 0.3 is 0 Å². The first-order valence-corrected chi connectivity index (χ1v) is 6.52. The SMILES string of the molecule is Cc1nc(C)c(C(C)Nc2ccc(O)c(C)c2)c(=O)[nH]1. The van der Waals surface area contributed by atoms with Gasteiger partial charge in [0, 0.05) is 5.69 Å². The normalized spacial score (nSPS) is 12.2. The predicted octanol–water partition coefficient (Wildman–Crippen LogP) is 2.57. The minimum Gasteiger partial charge on any atom is -0.508 e. The standard InChI is InChI=1S/C15H19N3O2/c1-8-7-12(5-6-13(8)19)17-10(3)14-9(2)16-11(4)18-15(14)20/h5-7,10,17,19H,1-4H3,(H,16,18,20). The number of benzene rings is 1. The molecule has 0 radical (unpaired) electrons. The smallest absolute Gasteiger partial charge is 0.256 e. The van der Waals surface area contributed by atoms with Gasteiger partial charge in [-0.05, 0) is 51.5 Å². The number of anilines is 1. The molecule has 0 saturated carbocycles. The Morgan fingerprint density at radius 1 is 1.30 bits per heavy atom. The first-order valence-electron chi connectivity index (χ1n) is 6.52. The third-order valence-electron chi connectivity index (χ3n) is 3.28. The second-order valence-electron chi connectivity index (χ2n) is 5.02. The Kier molecular flexibility index (Phi) is 3.79. The van der Waals surface area contributed by atoms with E-state index in [-0.39, 0.29) is 17.4 Å². The Bertz CT molecular complexity index is 692. The van der Waals surface area contributed by atoms with E-state index in [4.69, 9.17) is 0 Å². The highest BCUT2D eigenvalue weighted by Gasteiger charge is 2.14. The van der Waals surface area contributed by atoms with E-state index in [9.17, 15) is 9.90 Å². The highest BCUT2D eigenvalue weighted by Crippen LogP contribution is 2.23. The molecule has 3 N–H and O–H groups in total. The van der Waals surface area contributed by atoms with E-state index in [0.29, 0.717) is 11.4 Å². The molecule has 0 spiro atoms. The maximum absolute atomic E-state index is 12.0. The van der Waals surface area contributed by atoms with E-state index in [1.54, 1.807) is 19.1 Å². The van der Waals surface area contributed by atoms with Crippen LogP contribution in [0.5, 0.6) is 5.75 Å². The van der Waals surface area contributed by atoms with Crippen LogP contribution in [0.2, 0.25) is 0 Å². The summed E-state index contributed by atoms with van der Waals surface area (Å²) in [7, 11) is 0. The molecule has 0 aliphatic rings. The molecule has 0 bridgehead atoms. The molecule has 0 aliphatic heterocycles. The zero-order valence-corrected chi connectivity index (χ0v) is 12.1. The summed E-state index contributed by atoms with van der Waals surface area (Å²) in [5.41, 5.74) is 2.87. The summed E-state index contributed by atoms with van der Waals surface area (Å²) in [5.74, 6) is 0.873. The van der Waals surface area contributed by atoms with E-state index >= 15 is 0 Å². The monoisotopic (exact) mass is 273 g/mol. The van der Waals surface area contributed by atoms with Gasteiger partial charge in [-0.25, -0.2) is 4.98 Å². The second-order valence-corrected chi connectivity index (χ2v) is 5.02. The Hall–Kier alpha value is -2.30. The van der Waals surface area contributed by atoms with Gasteiger partial charge in [0.2, 0.25) is 0 Å². The lowest BCUT2D eigenvalue weighted by atomic mass is 10.1. The van der Waals surface area contributed by atoms with Crippen molar-refractivity contribution < 1.29 is 5.11 Å². The van der Waals surface area contributed by atoms with Crippen LogP contribution >= 0.6 is 0 Å². The molecule has 20 heavy (non-hydrogen) atoms. The lowest BCUT2D eigenvalue weighted by molar-refractivity contribution is 0.471. The first-order chi connectivity index (χ1) is 9.38.